The molecule has 3 aromatic carbocycles. The van der Waals surface area contributed by atoms with Gasteiger partial charge in [-0.3, -0.25) is 14.9 Å². The lowest BCUT2D eigenvalue weighted by Crippen LogP contribution is -2.23. The van der Waals surface area contributed by atoms with Crippen molar-refractivity contribution in [2.75, 3.05) is 18.1 Å². The van der Waals surface area contributed by atoms with Crippen LogP contribution < -0.4 is 5.32 Å². The largest absolute Gasteiger partial charge is 0.375 e. The van der Waals surface area contributed by atoms with Crippen LogP contribution in [-0.2, 0) is 27.7 Å². The zero-order valence-electron chi connectivity index (χ0n) is 18.7. The highest BCUT2D eigenvalue weighted by Crippen LogP contribution is 2.30. The van der Waals surface area contributed by atoms with Gasteiger partial charge in [0, 0.05) is 38.4 Å². The highest BCUT2D eigenvalue weighted by atomic mass is 32.2. The van der Waals surface area contributed by atoms with Gasteiger partial charge in [-0.25, -0.2) is 8.42 Å². The van der Waals surface area contributed by atoms with Gasteiger partial charge in [-0.15, -0.1) is 0 Å². The standard InChI is InChI=1S/C25H25N3O5S/c1-34(32,33)21-12-13-23(24(15-21)28(30)31)26-16-20-5-2-3-6-22(20)19-10-8-18(9-11-19)17-27-14-4-7-25(27)29/h2-3,5-6,8-13,15,26H,4,7,14,16-17H2,1H3. The number of anilines is 1. The van der Waals surface area contributed by atoms with Crippen LogP contribution in [0.25, 0.3) is 11.1 Å². The number of rotatable bonds is 8. The first kappa shape index (κ1) is 23.4. The molecule has 176 valence electrons. The van der Waals surface area contributed by atoms with Crippen LogP contribution in [0.5, 0.6) is 0 Å². The third-order valence-electron chi connectivity index (χ3n) is 5.89. The van der Waals surface area contributed by atoms with Gasteiger partial charge in [0.05, 0.1) is 9.82 Å². The van der Waals surface area contributed by atoms with E-state index in [1.807, 2.05) is 53.4 Å². The minimum absolute atomic E-state index is 0.0964. The molecule has 1 N–H and O–H groups in total. The Morgan fingerprint density at radius 2 is 1.79 bits per heavy atom. The number of nitrogens with one attached hydrogen (secondary N) is 1. The van der Waals surface area contributed by atoms with Crippen molar-refractivity contribution in [2.24, 2.45) is 0 Å². The number of carbonyl (C=O) groups is 1. The number of amides is 1. The van der Waals surface area contributed by atoms with E-state index < -0.39 is 14.8 Å². The number of carbonyl (C=O) groups excluding carboxylic acids is 1. The van der Waals surface area contributed by atoms with Gasteiger partial charge in [0.25, 0.3) is 5.69 Å². The summed E-state index contributed by atoms with van der Waals surface area (Å²) in [5, 5.41) is 14.6. The predicted molar refractivity (Wildman–Crippen MR) is 130 cm³/mol. The minimum atomic E-state index is -3.55. The SMILES string of the molecule is CS(=O)(=O)c1ccc(NCc2ccccc2-c2ccc(CN3CCCC3=O)cc2)c([N+](=O)[O-])c1. The van der Waals surface area contributed by atoms with Crippen molar-refractivity contribution in [2.45, 2.75) is 30.8 Å². The Kier molecular flexibility index (Phi) is 6.65. The molecule has 1 amide bonds. The molecule has 3 aromatic rings. The Balaban J connectivity index is 1.53. The van der Waals surface area contributed by atoms with E-state index in [0.29, 0.717) is 19.5 Å². The van der Waals surface area contributed by atoms with Crippen LogP contribution in [0.1, 0.15) is 24.0 Å². The summed E-state index contributed by atoms with van der Waals surface area (Å²) in [6.07, 6.45) is 2.55. The molecule has 0 saturated carbocycles. The van der Waals surface area contributed by atoms with Crippen molar-refractivity contribution in [3.05, 3.63) is 88.0 Å². The summed E-state index contributed by atoms with van der Waals surface area (Å²) in [5.41, 5.74) is 3.94. The van der Waals surface area contributed by atoms with E-state index in [1.165, 1.54) is 12.1 Å². The highest BCUT2D eigenvalue weighted by molar-refractivity contribution is 7.90. The second kappa shape index (κ2) is 9.64. The number of hydrogen-bond acceptors (Lipinski definition) is 6. The normalized spacial score (nSPS) is 13.8. The van der Waals surface area contributed by atoms with E-state index >= 15 is 0 Å². The van der Waals surface area contributed by atoms with E-state index in [9.17, 15) is 23.3 Å². The lowest BCUT2D eigenvalue weighted by atomic mass is 9.98. The molecule has 0 atom stereocenters. The Hall–Kier alpha value is -3.72. The van der Waals surface area contributed by atoms with Crippen molar-refractivity contribution in [3.63, 3.8) is 0 Å². The predicted octanol–water partition coefficient (Wildman–Crippen LogP) is 4.40. The Labute approximate surface area is 198 Å². The molecule has 0 aromatic heterocycles. The summed E-state index contributed by atoms with van der Waals surface area (Å²) < 4.78 is 23.5. The molecule has 1 heterocycles. The summed E-state index contributed by atoms with van der Waals surface area (Å²) in [4.78, 5) is 24.6. The zero-order valence-corrected chi connectivity index (χ0v) is 19.5. The first-order chi connectivity index (χ1) is 16.2. The average molecular weight is 480 g/mol. The summed E-state index contributed by atoms with van der Waals surface area (Å²) in [6, 6.07) is 19.7. The molecular weight excluding hydrogens is 454 g/mol. The molecule has 34 heavy (non-hydrogen) atoms. The van der Waals surface area contributed by atoms with Crippen LogP contribution in [0, 0.1) is 10.1 Å². The average Bonchev–Trinajstić information content (AvgIpc) is 3.22. The number of benzene rings is 3. The molecule has 1 aliphatic rings. The molecule has 1 aliphatic heterocycles. The molecule has 0 radical (unpaired) electrons. The molecule has 1 saturated heterocycles. The van der Waals surface area contributed by atoms with E-state index in [4.69, 9.17) is 0 Å². The van der Waals surface area contributed by atoms with Gasteiger partial charge < -0.3 is 10.2 Å². The van der Waals surface area contributed by atoms with Crippen molar-refractivity contribution < 1.29 is 18.1 Å². The number of sulfone groups is 1. The summed E-state index contributed by atoms with van der Waals surface area (Å²) in [5.74, 6) is 0.194. The molecular formula is C25H25N3O5S. The van der Waals surface area contributed by atoms with Crippen LogP contribution in [0.15, 0.2) is 71.6 Å². The van der Waals surface area contributed by atoms with Gasteiger partial charge in [0.1, 0.15) is 5.69 Å². The fraction of sp³-hybridized carbons (Fsp3) is 0.240. The summed E-state index contributed by atoms with van der Waals surface area (Å²) in [6.45, 7) is 1.72. The maximum absolute atomic E-state index is 11.9. The quantitative estimate of drug-likeness (QED) is 0.379. The Bertz CT molecular complexity index is 1340. The van der Waals surface area contributed by atoms with Crippen LogP contribution in [0.4, 0.5) is 11.4 Å². The molecule has 8 nitrogen and oxygen atoms in total. The van der Waals surface area contributed by atoms with Crippen LogP contribution in [-0.4, -0.2) is 36.9 Å². The number of nitro groups is 1. The smallest absolute Gasteiger partial charge is 0.293 e. The van der Waals surface area contributed by atoms with Crippen molar-refractivity contribution in [1.82, 2.24) is 4.90 Å². The third-order valence-corrected chi connectivity index (χ3v) is 7.00. The molecule has 0 unspecified atom stereocenters. The monoisotopic (exact) mass is 479 g/mol. The second-order valence-corrected chi connectivity index (χ2v) is 10.4. The van der Waals surface area contributed by atoms with Crippen LogP contribution >= 0.6 is 0 Å². The van der Waals surface area contributed by atoms with Gasteiger partial charge in [-0.2, -0.15) is 0 Å². The van der Waals surface area contributed by atoms with E-state index in [2.05, 4.69) is 5.32 Å². The maximum atomic E-state index is 11.9. The number of nitro benzene ring substituents is 1. The van der Waals surface area contributed by atoms with E-state index in [0.717, 1.165) is 47.5 Å². The van der Waals surface area contributed by atoms with Crippen molar-refractivity contribution in [1.29, 1.82) is 0 Å². The van der Waals surface area contributed by atoms with Gasteiger partial charge in [0.15, 0.2) is 9.84 Å². The number of likely N-dealkylation sites (tertiary alicyclic amines) is 1. The Morgan fingerprint density at radius 1 is 1.06 bits per heavy atom. The van der Waals surface area contributed by atoms with Gasteiger partial charge in [-0.05, 0) is 40.8 Å². The summed E-state index contributed by atoms with van der Waals surface area (Å²) in [7, 11) is -3.55. The van der Waals surface area contributed by atoms with Crippen LogP contribution in [0.2, 0.25) is 0 Å². The first-order valence-corrected chi connectivity index (χ1v) is 12.8. The topological polar surface area (TPSA) is 110 Å². The van der Waals surface area contributed by atoms with Gasteiger partial charge in [-0.1, -0.05) is 48.5 Å². The van der Waals surface area contributed by atoms with E-state index in [1.54, 1.807) is 0 Å². The fourth-order valence-electron chi connectivity index (χ4n) is 4.07. The van der Waals surface area contributed by atoms with E-state index in [-0.39, 0.29) is 22.2 Å². The second-order valence-electron chi connectivity index (χ2n) is 8.33. The lowest BCUT2D eigenvalue weighted by molar-refractivity contribution is -0.384. The number of hydrogen-bond donors (Lipinski definition) is 1. The maximum Gasteiger partial charge on any atom is 0.293 e. The molecule has 0 spiro atoms. The molecule has 4 rings (SSSR count). The highest BCUT2D eigenvalue weighted by Gasteiger charge is 2.20. The Morgan fingerprint density at radius 3 is 2.44 bits per heavy atom. The molecule has 0 aliphatic carbocycles. The third kappa shape index (κ3) is 5.26. The zero-order chi connectivity index (χ0) is 24.3. The molecule has 9 heteroatoms. The lowest BCUT2D eigenvalue weighted by Gasteiger charge is -2.16. The molecule has 0 bridgehead atoms. The van der Waals surface area contributed by atoms with Crippen LogP contribution in [0.3, 0.4) is 0 Å². The van der Waals surface area contributed by atoms with Crippen molar-refractivity contribution >= 4 is 27.1 Å². The molecule has 1 fully saturated rings. The number of nitrogens with zero attached hydrogens (tertiary/aromatic N) is 2. The fourth-order valence-corrected chi connectivity index (χ4v) is 4.71. The summed E-state index contributed by atoms with van der Waals surface area (Å²) >= 11 is 0. The van der Waals surface area contributed by atoms with Crippen molar-refractivity contribution in [3.8, 4) is 11.1 Å². The van der Waals surface area contributed by atoms with Gasteiger partial charge in [0.2, 0.25) is 5.91 Å². The first-order valence-electron chi connectivity index (χ1n) is 10.9. The minimum Gasteiger partial charge on any atom is -0.375 e. The van der Waals surface area contributed by atoms with Gasteiger partial charge >= 0.3 is 0 Å².